The molecule has 0 saturated carbocycles. The molecule has 1 aliphatic rings. The van der Waals surface area contributed by atoms with Crippen LogP contribution in [0.4, 0.5) is 0 Å². The van der Waals surface area contributed by atoms with Crippen LogP contribution in [0.1, 0.15) is 36.5 Å². The van der Waals surface area contributed by atoms with Crippen molar-refractivity contribution in [3.8, 4) is 5.75 Å². The topological polar surface area (TPSA) is 73.3 Å². The van der Waals surface area contributed by atoms with Gasteiger partial charge in [-0.15, -0.1) is 0 Å². The Labute approximate surface area is 112 Å². The van der Waals surface area contributed by atoms with Gasteiger partial charge in [-0.3, -0.25) is 9.78 Å². The van der Waals surface area contributed by atoms with Crippen LogP contribution in [0.3, 0.4) is 0 Å². The van der Waals surface area contributed by atoms with Crippen molar-refractivity contribution < 1.29 is 17.9 Å². The van der Waals surface area contributed by atoms with Gasteiger partial charge in [0.05, 0.1) is 18.6 Å². The maximum Gasteiger partial charge on any atom is 0.182 e. The zero-order valence-electron chi connectivity index (χ0n) is 10.8. The fourth-order valence-electron chi connectivity index (χ4n) is 2.23. The Kier molecular flexibility index (Phi) is 4.19. The van der Waals surface area contributed by atoms with Crippen LogP contribution in [0.25, 0.3) is 0 Å². The highest BCUT2D eigenvalue weighted by molar-refractivity contribution is 7.92. The van der Waals surface area contributed by atoms with Crippen LogP contribution < -0.4 is 4.74 Å². The number of aromatic nitrogens is 1. The third kappa shape index (κ3) is 3.12. The fraction of sp³-hybridized carbons (Fsp3) is 0.538. The number of carbonyl (C=O) groups excluding carboxylic acids is 1. The van der Waals surface area contributed by atoms with Crippen LogP contribution >= 0.6 is 0 Å². The van der Waals surface area contributed by atoms with Gasteiger partial charge in [0, 0.05) is 11.8 Å². The molecule has 0 bridgehead atoms. The summed E-state index contributed by atoms with van der Waals surface area (Å²) in [7, 11) is -3.31. The predicted molar refractivity (Wildman–Crippen MR) is 71.2 cm³/mol. The Morgan fingerprint density at radius 1 is 1.42 bits per heavy atom. The number of nitrogens with zero attached hydrogens (tertiary/aromatic N) is 1. The van der Waals surface area contributed by atoms with E-state index >= 15 is 0 Å². The summed E-state index contributed by atoms with van der Waals surface area (Å²) in [5.74, 6) is 0.220. The lowest BCUT2D eigenvalue weighted by Gasteiger charge is -2.21. The van der Waals surface area contributed by atoms with E-state index in [1.807, 2.05) is 6.92 Å². The van der Waals surface area contributed by atoms with E-state index in [0.717, 1.165) is 6.42 Å². The third-order valence-electron chi connectivity index (χ3n) is 3.18. The summed E-state index contributed by atoms with van der Waals surface area (Å²) >= 11 is 0. The van der Waals surface area contributed by atoms with E-state index in [9.17, 15) is 13.2 Å². The number of pyridine rings is 1. The SMILES string of the molecule is CCOc1cncc(C(=O)C2CCCCS2(=O)=O)c1. The first kappa shape index (κ1) is 14.0. The average Bonchev–Trinajstić information content (AvgIpc) is 2.38. The van der Waals surface area contributed by atoms with Crippen molar-refractivity contribution in [2.75, 3.05) is 12.4 Å². The van der Waals surface area contributed by atoms with E-state index in [1.165, 1.54) is 12.4 Å². The van der Waals surface area contributed by atoms with Gasteiger partial charge in [0.25, 0.3) is 0 Å². The lowest BCUT2D eigenvalue weighted by molar-refractivity contribution is 0.0980. The smallest absolute Gasteiger partial charge is 0.182 e. The van der Waals surface area contributed by atoms with E-state index in [1.54, 1.807) is 6.07 Å². The standard InChI is InChI=1S/C13H17NO4S/c1-2-18-11-7-10(8-14-9-11)13(15)12-5-3-4-6-19(12,16)17/h7-9,12H,2-6H2,1H3. The molecule has 2 rings (SSSR count). The molecule has 104 valence electrons. The Hall–Kier alpha value is -1.43. The molecule has 1 unspecified atom stereocenters. The molecule has 1 atom stereocenters. The van der Waals surface area contributed by atoms with Crippen LogP contribution in [0.15, 0.2) is 18.5 Å². The fourth-order valence-corrected chi connectivity index (χ4v) is 4.11. The molecule has 1 saturated heterocycles. The monoisotopic (exact) mass is 283 g/mol. The Balaban J connectivity index is 2.26. The molecule has 1 aromatic heterocycles. The molecular formula is C13H17NO4S. The minimum atomic E-state index is -3.31. The highest BCUT2D eigenvalue weighted by Gasteiger charge is 2.35. The number of hydrogen-bond donors (Lipinski definition) is 0. The molecule has 0 aromatic carbocycles. The molecule has 1 aliphatic heterocycles. The first-order valence-corrected chi connectivity index (χ1v) is 8.10. The van der Waals surface area contributed by atoms with Crippen molar-refractivity contribution >= 4 is 15.6 Å². The van der Waals surface area contributed by atoms with Crippen LogP contribution in [0.5, 0.6) is 5.75 Å². The van der Waals surface area contributed by atoms with E-state index in [-0.39, 0.29) is 11.5 Å². The molecule has 2 heterocycles. The number of ketones is 1. The van der Waals surface area contributed by atoms with Crippen LogP contribution in [-0.2, 0) is 9.84 Å². The molecular weight excluding hydrogens is 266 g/mol. The summed E-state index contributed by atoms with van der Waals surface area (Å²) in [6.07, 6.45) is 4.72. The highest BCUT2D eigenvalue weighted by atomic mass is 32.2. The van der Waals surface area contributed by atoms with E-state index in [4.69, 9.17) is 4.74 Å². The summed E-state index contributed by atoms with van der Waals surface area (Å²) in [5, 5.41) is -0.917. The largest absolute Gasteiger partial charge is 0.492 e. The maximum atomic E-state index is 12.3. The van der Waals surface area contributed by atoms with Gasteiger partial charge >= 0.3 is 0 Å². The number of sulfone groups is 1. The van der Waals surface area contributed by atoms with Crippen molar-refractivity contribution in [3.63, 3.8) is 0 Å². The minimum absolute atomic E-state index is 0.0992. The van der Waals surface area contributed by atoms with Gasteiger partial charge in [-0.2, -0.15) is 0 Å². The Bertz CT molecular complexity index is 568. The second-order valence-electron chi connectivity index (χ2n) is 4.56. The molecule has 0 N–H and O–H groups in total. The van der Waals surface area contributed by atoms with E-state index in [0.29, 0.717) is 30.8 Å². The quantitative estimate of drug-likeness (QED) is 0.785. The zero-order chi connectivity index (χ0) is 13.9. The summed E-state index contributed by atoms with van der Waals surface area (Å²) in [5.41, 5.74) is 0.307. The summed E-state index contributed by atoms with van der Waals surface area (Å²) < 4.78 is 29.1. The Morgan fingerprint density at radius 3 is 2.89 bits per heavy atom. The molecule has 0 amide bonds. The molecule has 5 nitrogen and oxygen atoms in total. The van der Waals surface area contributed by atoms with Crippen LogP contribution in [-0.4, -0.2) is 36.8 Å². The van der Waals surface area contributed by atoms with Crippen LogP contribution in [0, 0.1) is 0 Å². The van der Waals surface area contributed by atoms with Crippen molar-refractivity contribution in [1.82, 2.24) is 4.98 Å². The molecule has 1 fully saturated rings. The van der Waals surface area contributed by atoms with Gasteiger partial charge in [0.2, 0.25) is 0 Å². The van der Waals surface area contributed by atoms with Gasteiger partial charge in [-0.25, -0.2) is 8.42 Å². The van der Waals surface area contributed by atoms with Crippen molar-refractivity contribution in [2.24, 2.45) is 0 Å². The van der Waals surface area contributed by atoms with Crippen molar-refractivity contribution in [1.29, 1.82) is 0 Å². The van der Waals surface area contributed by atoms with Crippen LogP contribution in [0.2, 0.25) is 0 Å². The number of carbonyl (C=O) groups is 1. The van der Waals surface area contributed by atoms with Gasteiger partial charge in [-0.1, -0.05) is 6.42 Å². The summed E-state index contributed by atoms with van der Waals surface area (Å²) in [6.45, 7) is 2.31. The van der Waals surface area contributed by atoms with Gasteiger partial charge in [-0.05, 0) is 25.8 Å². The van der Waals surface area contributed by atoms with Crippen molar-refractivity contribution in [3.05, 3.63) is 24.0 Å². The summed E-state index contributed by atoms with van der Waals surface area (Å²) in [6, 6.07) is 1.56. The predicted octanol–water partition coefficient (Wildman–Crippen LogP) is 1.63. The van der Waals surface area contributed by atoms with Gasteiger partial charge in [0.1, 0.15) is 11.0 Å². The number of hydrogen-bond acceptors (Lipinski definition) is 5. The molecule has 1 aromatic rings. The average molecular weight is 283 g/mol. The van der Waals surface area contributed by atoms with Gasteiger partial charge < -0.3 is 4.74 Å². The van der Waals surface area contributed by atoms with E-state index < -0.39 is 15.1 Å². The third-order valence-corrected chi connectivity index (χ3v) is 5.35. The molecule has 19 heavy (non-hydrogen) atoms. The second kappa shape index (κ2) is 5.69. The van der Waals surface area contributed by atoms with Gasteiger partial charge in [0.15, 0.2) is 15.6 Å². The van der Waals surface area contributed by atoms with E-state index in [2.05, 4.69) is 4.98 Å². The molecule has 6 heteroatoms. The lowest BCUT2D eigenvalue weighted by Crippen LogP contribution is -2.35. The lowest BCUT2D eigenvalue weighted by atomic mass is 10.1. The zero-order valence-corrected chi connectivity index (χ0v) is 11.6. The second-order valence-corrected chi connectivity index (χ2v) is 6.86. The normalized spacial score (nSPS) is 21.8. The maximum absolute atomic E-state index is 12.3. The molecule has 0 spiro atoms. The number of Topliss-reactive ketones (excluding diaryl/α,β-unsaturated/α-hetero) is 1. The highest BCUT2D eigenvalue weighted by Crippen LogP contribution is 2.24. The minimum Gasteiger partial charge on any atom is -0.492 e. The first-order chi connectivity index (χ1) is 9.04. The number of rotatable bonds is 4. The molecule has 0 aliphatic carbocycles. The number of ether oxygens (including phenoxy) is 1. The first-order valence-electron chi connectivity index (χ1n) is 6.38. The van der Waals surface area contributed by atoms with Crippen molar-refractivity contribution in [2.45, 2.75) is 31.4 Å². The Morgan fingerprint density at radius 2 is 2.21 bits per heavy atom. The summed E-state index contributed by atoms with van der Waals surface area (Å²) in [4.78, 5) is 16.2. The molecule has 0 radical (unpaired) electrons.